The van der Waals surface area contributed by atoms with Gasteiger partial charge in [-0.2, -0.15) is 0 Å². The van der Waals surface area contributed by atoms with Gasteiger partial charge >= 0.3 is 0 Å². The minimum atomic E-state index is -3.52. The lowest BCUT2D eigenvalue weighted by Crippen LogP contribution is -2.54. The third-order valence-electron chi connectivity index (χ3n) is 2.69. The van der Waals surface area contributed by atoms with Crippen molar-refractivity contribution in [3.8, 4) is 0 Å². The van der Waals surface area contributed by atoms with E-state index < -0.39 is 34.0 Å². The average Bonchev–Trinajstić information content (AvgIpc) is 2.29. The van der Waals surface area contributed by atoms with Gasteiger partial charge in [0.15, 0.2) is 0 Å². The van der Waals surface area contributed by atoms with E-state index >= 15 is 0 Å². The second kappa shape index (κ2) is 5.42. The molecule has 1 aliphatic heterocycles. The molecule has 96 valence electrons. The SMILES string of the molecule is CC(CO)(CO)NS(=O)(=O)C1CCOCC1. The first-order chi connectivity index (χ1) is 7.43. The zero-order valence-corrected chi connectivity index (χ0v) is 10.2. The van der Waals surface area contributed by atoms with Crippen LogP contribution in [-0.2, 0) is 14.8 Å². The van der Waals surface area contributed by atoms with Crippen LogP contribution in [0.1, 0.15) is 19.8 Å². The van der Waals surface area contributed by atoms with Gasteiger partial charge in [0.25, 0.3) is 0 Å². The van der Waals surface area contributed by atoms with Crippen LogP contribution in [-0.4, -0.2) is 55.8 Å². The highest BCUT2D eigenvalue weighted by molar-refractivity contribution is 7.90. The van der Waals surface area contributed by atoms with Crippen LogP contribution < -0.4 is 4.72 Å². The van der Waals surface area contributed by atoms with Gasteiger partial charge < -0.3 is 14.9 Å². The highest BCUT2D eigenvalue weighted by atomic mass is 32.2. The predicted molar refractivity (Wildman–Crippen MR) is 58.5 cm³/mol. The zero-order valence-electron chi connectivity index (χ0n) is 9.35. The maximum absolute atomic E-state index is 11.9. The molecule has 6 nitrogen and oxygen atoms in total. The van der Waals surface area contributed by atoms with Crippen LogP contribution in [0.5, 0.6) is 0 Å². The molecule has 1 saturated heterocycles. The molecular weight excluding hydrogens is 234 g/mol. The van der Waals surface area contributed by atoms with Gasteiger partial charge in [0.1, 0.15) is 0 Å². The van der Waals surface area contributed by atoms with Gasteiger partial charge in [-0.05, 0) is 19.8 Å². The molecule has 0 aliphatic carbocycles. The molecule has 0 spiro atoms. The summed E-state index contributed by atoms with van der Waals surface area (Å²) in [5.41, 5.74) is -1.20. The Morgan fingerprint density at radius 2 is 1.81 bits per heavy atom. The number of aliphatic hydroxyl groups excluding tert-OH is 2. The highest BCUT2D eigenvalue weighted by Gasteiger charge is 2.34. The number of hydrogen-bond donors (Lipinski definition) is 3. The summed E-state index contributed by atoms with van der Waals surface area (Å²) in [6, 6.07) is 0. The molecule has 1 fully saturated rings. The van der Waals surface area contributed by atoms with E-state index in [1.807, 2.05) is 0 Å². The van der Waals surface area contributed by atoms with Crippen molar-refractivity contribution in [2.75, 3.05) is 26.4 Å². The van der Waals surface area contributed by atoms with Crippen molar-refractivity contribution in [3.05, 3.63) is 0 Å². The van der Waals surface area contributed by atoms with E-state index in [-0.39, 0.29) is 0 Å². The van der Waals surface area contributed by atoms with E-state index in [9.17, 15) is 8.42 Å². The molecule has 1 heterocycles. The molecule has 0 atom stereocenters. The number of nitrogens with one attached hydrogen (secondary N) is 1. The quantitative estimate of drug-likeness (QED) is 0.573. The lowest BCUT2D eigenvalue weighted by Gasteiger charge is -2.30. The van der Waals surface area contributed by atoms with Crippen LogP contribution in [0.15, 0.2) is 0 Å². The largest absolute Gasteiger partial charge is 0.394 e. The summed E-state index contributed by atoms with van der Waals surface area (Å²) >= 11 is 0. The standard InChI is InChI=1S/C9H19NO5S/c1-9(6-11,7-12)10-16(13,14)8-2-4-15-5-3-8/h8,10-12H,2-7H2,1H3. The van der Waals surface area contributed by atoms with Crippen molar-refractivity contribution in [1.29, 1.82) is 0 Å². The van der Waals surface area contributed by atoms with Gasteiger partial charge in [-0.3, -0.25) is 0 Å². The molecule has 0 amide bonds. The molecule has 0 bridgehead atoms. The molecule has 0 radical (unpaired) electrons. The van der Waals surface area contributed by atoms with E-state index in [0.29, 0.717) is 26.1 Å². The van der Waals surface area contributed by atoms with Gasteiger partial charge in [0.05, 0.1) is 24.0 Å². The van der Waals surface area contributed by atoms with Crippen molar-refractivity contribution < 1.29 is 23.4 Å². The summed E-state index contributed by atoms with van der Waals surface area (Å²) in [7, 11) is -3.52. The van der Waals surface area contributed by atoms with E-state index in [2.05, 4.69) is 4.72 Å². The van der Waals surface area contributed by atoms with Crippen LogP contribution in [0, 0.1) is 0 Å². The second-order valence-electron chi connectivity index (χ2n) is 4.34. The number of aliphatic hydroxyl groups is 2. The summed E-state index contributed by atoms with van der Waals surface area (Å²) < 4.78 is 31.3. The maximum atomic E-state index is 11.9. The van der Waals surface area contributed by atoms with Crippen molar-refractivity contribution in [2.24, 2.45) is 0 Å². The lowest BCUT2D eigenvalue weighted by molar-refractivity contribution is 0.0961. The molecule has 0 aromatic heterocycles. The summed E-state index contributed by atoms with van der Waals surface area (Å²) in [6.45, 7) is 1.45. The van der Waals surface area contributed by atoms with E-state index in [4.69, 9.17) is 14.9 Å². The highest BCUT2D eigenvalue weighted by Crippen LogP contribution is 2.17. The molecular formula is C9H19NO5S. The molecule has 0 aromatic carbocycles. The van der Waals surface area contributed by atoms with E-state index in [1.165, 1.54) is 6.92 Å². The Kier molecular flexibility index (Phi) is 4.69. The Morgan fingerprint density at radius 3 is 2.25 bits per heavy atom. The molecule has 1 aliphatic rings. The van der Waals surface area contributed by atoms with Crippen LogP contribution in [0.2, 0.25) is 0 Å². The predicted octanol–water partition coefficient (Wildman–Crippen LogP) is -1.17. The Bertz CT molecular complexity index is 306. The summed E-state index contributed by atoms with van der Waals surface area (Å²) in [5.74, 6) is 0. The van der Waals surface area contributed by atoms with Gasteiger partial charge in [-0.1, -0.05) is 0 Å². The number of hydrogen-bond acceptors (Lipinski definition) is 5. The molecule has 3 N–H and O–H groups in total. The number of rotatable bonds is 5. The van der Waals surface area contributed by atoms with Crippen molar-refractivity contribution in [1.82, 2.24) is 4.72 Å². The molecule has 0 unspecified atom stereocenters. The van der Waals surface area contributed by atoms with Gasteiger partial charge in [0.2, 0.25) is 10.0 Å². The van der Waals surface area contributed by atoms with Gasteiger partial charge in [-0.15, -0.1) is 0 Å². The summed E-state index contributed by atoms with van der Waals surface area (Å²) in [6.07, 6.45) is 0.893. The van der Waals surface area contributed by atoms with Crippen LogP contribution in [0.3, 0.4) is 0 Å². The second-order valence-corrected chi connectivity index (χ2v) is 6.30. The first-order valence-electron chi connectivity index (χ1n) is 5.26. The lowest BCUT2D eigenvalue weighted by atomic mass is 10.1. The van der Waals surface area contributed by atoms with Crippen LogP contribution in [0.25, 0.3) is 0 Å². The third kappa shape index (κ3) is 3.39. The number of ether oxygens (including phenoxy) is 1. The summed E-state index contributed by atoms with van der Waals surface area (Å²) in [5, 5.41) is 17.6. The van der Waals surface area contributed by atoms with Gasteiger partial charge in [0, 0.05) is 13.2 Å². The molecule has 0 aromatic rings. The Labute approximate surface area is 95.7 Å². The Morgan fingerprint density at radius 1 is 1.31 bits per heavy atom. The average molecular weight is 253 g/mol. The minimum absolute atomic E-state index is 0.431. The molecule has 1 rings (SSSR count). The fourth-order valence-corrected chi connectivity index (χ4v) is 3.32. The van der Waals surface area contributed by atoms with E-state index in [0.717, 1.165) is 0 Å². The smallest absolute Gasteiger partial charge is 0.215 e. The van der Waals surface area contributed by atoms with Crippen molar-refractivity contribution in [3.63, 3.8) is 0 Å². The van der Waals surface area contributed by atoms with E-state index in [1.54, 1.807) is 0 Å². The fraction of sp³-hybridized carbons (Fsp3) is 1.00. The summed E-state index contributed by atoms with van der Waals surface area (Å²) in [4.78, 5) is 0. The zero-order chi connectivity index (χ0) is 12.2. The normalized spacial score (nSPS) is 19.9. The first-order valence-corrected chi connectivity index (χ1v) is 6.80. The van der Waals surface area contributed by atoms with Crippen molar-refractivity contribution >= 4 is 10.0 Å². The topological polar surface area (TPSA) is 95.9 Å². The van der Waals surface area contributed by atoms with Crippen molar-refractivity contribution in [2.45, 2.75) is 30.6 Å². The van der Waals surface area contributed by atoms with Crippen LogP contribution in [0.4, 0.5) is 0 Å². The molecule has 16 heavy (non-hydrogen) atoms. The maximum Gasteiger partial charge on any atom is 0.215 e. The minimum Gasteiger partial charge on any atom is -0.394 e. The van der Waals surface area contributed by atoms with Crippen LogP contribution >= 0.6 is 0 Å². The number of sulfonamides is 1. The monoisotopic (exact) mass is 253 g/mol. The first kappa shape index (κ1) is 13.9. The Balaban J connectivity index is 2.70. The Hall–Kier alpha value is -0.210. The molecule has 7 heteroatoms. The molecule has 0 saturated carbocycles. The third-order valence-corrected chi connectivity index (χ3v) is 4.82. The fourth-order valence-electron chi connectivity index (χ4n) is 1.53. The van der Waals surface area contributed by atoms with Gasteiger partial charge in [-0.25, -0.2) is 13.1 Å².